The lowest BCUT2D eigenvalue weighted by Gasteiger charge is -2.16. The number of hydrogen-bond acceptors (Lipinski definition) is 7. The first-order valence-electron chi connectivity index (χ1n) is 8.41. The Labute approximate surface area is 160 Å². The Morgan fingerprint density at radius 2 is 2.07 bits per heavy atom. The van der Waals surface area contributed by atoms with Crippen molar-refractivity contribution in [2.75, 3.05) is 25.0 Å². The summed E-state index contributed by atoms with van der Waals surface area (Å²) in [6, 6.07) is 2.99. The Hall–Kier alpha value is -3.38. The van der Waals surface area contributed by atoms with Crippen LogP contribution in [0.3, 0.4) is 0 Å². The van der Waals surface area contributed by atoms with Crippen LogP contribution in [0.5, 0.6) is 0 Å². The minimum absolute atomic E-state index is 0.0754. The van der Waals surface area contributed by atoms with Crippen LogP contribution >= 0.6 is 0 Å². The third-order valence-corrected chi connectivity index (χ3v) is 3.95. The average Bonchev–Trinajstić information content (AvgIpc) is 3.03. The monoisotopic (exact) mass is 417 g/mol. The smallest absolute Gasteiger partial charge is 0.460 e. The van der Waals surface area contributed by atoms with Gasteiger partial charge < -0.3 is 20.1 Å². The van der Waals surface area contributed by atoms with Gasteiger partial charge in [-0.05, 0) is 12.1 Å². The van der Waals surface area contributed by atoms with Crippen molar-refractivity contribution in [1.82, 2.24) is 10.00 Å². The molecule has 0 saturated heterocycles. The minimum Gasteiger partial charge on any atom is -0.739 e. The molecule has 0 fully saturated rings. The fourth-order valence-electron chi connectivity index (χ4n) is 2.72. The van der Waals surface area contributed by atoms with E-state index in [4.69, 9.17) is 4.74 Å². The molecule has 13 heteroatoms. The zero-order valence-corrected chi connectivity index (χ0v) is 14.8. The second-order valence-electron chi connectivity index (χ2n) is 6.21. The van der Waals surface area contributed by atoms with Crippen LogP contribution in [0.4, 0.5) is 23.5 Å². The number of hydrogen-bond donors (Lipinski definition) is 1. The molecule has 0 saturated carbocycles. The van der Waals surface area contributed by atoms with Crippen LogP contribution in [0, 0.1) is 16.2 Å². The predicted octanol–water partition coefficient (Wildman–Crippen LogP) is 1.10. The summed E-state index contributed by atoms with van der Waals surface area (Å²) in [5, 5.41) is 30.0. The molecule has 29 heavy (non-hydrogen) atoms. The van der Waals surface area contributed by atoms with Gasteiger partial charge in [0, 0.05) is 24.0 Å². The maximum absolute atomic E-state index is 13.2. The summed E-state index contributed by atoms with van der Waals surface area (Å²) in [6.45, 7) is -1.17. The zero-order valence-electron chi connectivity index (χ0n) is 14.8. The number of aromatic nitrogens is 3. The molecule has 0 atom stereocenters. The summed E-state index contributed by atoms with van der Waals surface area (Å²) in [5.41, 5.74) is -0.385. The van der Waals surface area contributed by atoms with Crippen LogP contribution in [-0.2, 0) is 9.53 Å². The van der Waals surface area contributed by atoms with E-state index in [-0.39, 0.29) is 52.3 Å². The normalized spacial score (nSPS) is 14.2. The van der Waals surface area contributed by atoms with Gasteiger partial charge in [0.15, 0.2) is 5.52 Å². The third kappa shape index (κ3) is 5.12. The molecule has 1 aromatic carbocycles. The number of halogens is 4. The largest absolute Gasteiger partial charge is 0.739 e. The second kappa shape index (κ2) is 7.93. The van der Waals surface area contributed by atoms with E-state index in [0.29, 0.717) is 0 Å². The molecule has 9 nitrogen and oxygen atoms in total. The number of fused-ring (bicyclic) bond motifs is 1. The van der Waals surface area contributed by atoms with Crippen molar-refractivity contribution in [1.29, 1.82) is 0 Å². The molecule has 1 aromatic heterocycles. The molecule has 0 radical (unpaired) electrons. The molecule has 1 aliphatic heterocycles. The van der Waals surface area contributed by atoms with Crippen LogP contribution in [0.1, 0.15) is 12.8 Å². The van der Waals surface area contributed by atoms with Crippen molar-refractivity contribution < 1.29 is 36.7 Å². The highest BCUT2D eigenvalue weighted by molar-refractivity contribution is 5.71. The molecule has 2 heterocycles. The summed E-state index contributed by atoms with van der Waals surface area (Å²) in [4.78, 5) is 12.9. The molecule has 0 amide bonds. The standard InChI is InChI=1S/C16H15F4N5O4/c17-10-1-2-12-13(7-10)25(28)22-15(24(12)27)21-5-3-14(26)29-11-4-6-23(8-11)9-16(18,19)20/h1-2,7-8H,3-6,9H2,(H,21,22). The Morgan fingerprint density at radius 3 is 2.79 bits per heavy atom. The number of esters is 1. The van der Waals surface area contributed by atoms with Crippen molar-refractivity contribution in [3.63, 3.8) is 0 Å². The van der Waals surface area contributed by atoms with E-state index in [1.165, 1.54) is 0 Å². The SMILES string of the molecule is O=C(CCNc1n[n+]([O-])c2cc(F)ccc2[n+]1[O-])OC1=CN(CC(F)(F)F)CC1. The van der Waals surface area contributed by atoms with Crippen molar-refractivity contribution in [3.05, 3.63) is 46.4 Å². The maximum atomic E-state index is 13.2. The maximum Gasteiger partial charge on any atom is 0.460 e. The molecule has 3 rings (SSSR count). The van der Waals surface area contributed by atoms with Gasteiger partial charge >= 0.3 is 23.6 Å². The number of carbonyl (C=O) groups is 1. The lowest BCUT2D eigenvalue weighted by molar-refractivity contribution is -0.672. The van der Waals surface area contributed by atoms with E-state index < -0.39 is 30.5 Å². The predicted molar refractivity (Wildman–Crippen MR) is 89.1 cm³/mol. The van der Waals surface area contributed by atoms with Gasteiger partial charge in [-0.2, -0.15) is 13.2 Å². The van der Waals surface area contributed by atoms with Gasteiger partial charge in [-0.25, -0.2) is 9.12 Å². The number of anilines is 1. The number of nitrogens with zero attached hydrogens (tertiary/aromatic N) is 4. The molecular formula is C16H15F4N5O4. The molecule has 156 valence electrons. The lowest BCUT2D eigenvalue weighted by atomic mass is 10.3. The molecule has 0 bridgehead atoms. The average molecular weight is 417 g/mol. The van der Waals surface area contributed by atoms with Gasteiger partial charge in [0.25, 0.3) is 0 Å². The fraction of sp³-hybridized carbons (Fsp3) is 0.375. The molecule has 1 N–H and O–H groups in total. The Balaban J connectivity index is 1.55. The summed E-state index contributed by atoms with van der Waals surface area (Å²) in [5.74, 6) is -1.72. The summed E-state index contributed by atoms with van der Waals surface area (Å²) in [6.07, 6.45) is -3.30. The molecule has 0 aliphatic carbocycles. The number of rotatable bonds is 6. The van der Waals surface area contributed by atoms with Gasteiger partial charge in [-0.15, -0.1) is 0 Å². The highest BCUT2D eigenvalue weighted by atomic mass is 19.4. The Morgan fingerprint density at radius 1 is 1.31 bits per heavy atom. The highest BCUT2D eigenvalue weighted by Crippen LogP contribution is 2.22. The Kier molecular flexibility index (Phi) is 5.57. The van der Waals surface area contributed by atoms with Crippen LogP contribution in [0.25, 0.3) is 11.0 Å². The first kappa shape index (κ1) is 20.4. The molecule has 0 unspecified atom stereocenters. The van der Waals surface area contributed by atoms with E-state index in [0.717, 1.165) is 29.3 Å². The Bertz CT molecular complexity index is 966. The van der Waals surface area contributed by atoms with Crippen LogP contribution in [0.2, 0.25) is 0 Å². The lowest BCUT2D eigenvalue weighted by Crippen LogP contribution is -2.44. The van der Waals surface area contributed by atoms with Crippen LogP contribution in [-0.4, -0.2) is 41.8 Å². The number of benzene rings is 1. The first-order chi connectivity index (χ1) is 13.6. The second-order valence-corrected chi connectivity index (χ2v) is 6.21. The molecule has 2 aromatic rings. The van der Waals surface area contributed by atoms with Crippen molar-refractivity contribution >= 4 is 23.0 Å². The van der Waals surface area contributed by atoms with Crippen molar-refractivity contribution in [3.8, 4) is 0 Å². The van der Waals surface area contributed by atoms with Gasteiger partial charge in [0.1, 0.15) is 18.1 Å². The minimum atomic E-state index is -4.36. The number of alkyl halides is 3. The van der Waals surface area contributed by atoms with Gasteiger partial charge in [0.05, 0.1) is 19.0 Å². The fourth-order valence-corrected chi connectivity index (χ4v) is 2.72. The summed E-state index contributed by atoms with van der Waals surface area (Å²) >= 11 is 0. The molecule has 0 spiro atoms. The van der Waals surface area contributed by atoms with Crippen molar-refractivity contribution in [2.24, 2.45) is 0 Å². The number of carbonyl (C=O) groups excluding carboxylic acids is 1. The molecular weight excluding hydrogens is 402 g/mol. The van der Waals surface area contributed by atoms with Crippen LogP contribution in [0.15, 0.2) is 30.2 Å². The van der Waals surface area contributed by atoms with E-state index >= 15 is 0 Å². The van der Waals surface area contributed by atoms with Crippen molar-refractivity contribution in [2.45, 2.75) is 19.0 Å². The quantitative estimate of drug-likeness (QED) is 0.324. The first-order valence-corrected chi connectivity index (χ1v) is 8.41. The zero-order chi connectivity index (χ0) is 21.2. The van der Waals surface area contributed by atoms with Gasteiger partial charge in [-0.3, -0.25) is 10.1 Å². The van der Waals surface area contributed by atoms with E-state index in [1.807, 2.05) is 0 Å². The van der Waals surface area contributed by atoms with Crippen LogP contribution < -0.4 is 14.9 Å². The number of nitrogens with one attached hydrogen (secondary N) is 1. The number of ether oxygens (including phenoxy) is 1. The van der Waals surface area contributed by atoms with E-state index in [1.54, 1.807) is 0 Å². The summed E-state index contributed by atoms with van der Waals surface area (Å²) in [7, 11) is 0. The topological polar surface area (TPSA) is 108 Å². The highest BCUT2D eigenvalue weighted by Gasteiger charge is 2.32. The summed E-state index contributed by atoms with van der Waals surface area (Å²) < 4.78 is 55.5. The van der Waals surface area contributed by atoms with Gasteiger partial charge in [-0.1, -0.05) is 0 Å². The van der Waals surface area contributed by atoms with E-state index in [2.05, 4.69) is 10.4 Å². The van der Waals surface area contributed by atoms with Gasteiger partial charge in [0.2, 0.25) is 5.10 Å². The van der Waals surface area contributed by atoms with E-state index in [9.17, 15) is 32.8 Å². The molecule has 1 aliphatic rings. The third-order valence-electron chi connectivity index (χ3n) is 3.95.